The normalized spacial score (nSPS) is 12.4. The molecule has 1 rings (SSSR count). The van der Waals surface area contributed by atoms with Crippen LogP contribution in [0.3, 0.4) is 0 Å². The SMILES string of the molecule is CCCN(Cc1ccccc1CNC(C)(C)C)C(C)C. The van der Waals surface area contributed by atoms with E-state index < -0.39 is 0 Å². The number of nitrogens with zero attached hydrogens (tertiary/aromatic N) is 1. The van der Waals surface area contributed by atoms with Gasteiger partial charge in [0.05, 0.1) is 0 Å². The quantitative estimate of drug-likeness (QED) is 0.803. The highest BCUT2D eigenvalue weighted by Crippen LogP contribution is 2.15. The third-order valence-corrected chi connectivity index (χ3v) is 3.54. The second-order valence-electron chi connectivity index (χ2n) is 6.94. The van der Waals surface area contributed by atoms with E-state index in [2.05, 4.69) is 76.0 Å². The maximum absolute atomic E-state index is 3.59. The first kappa shape index (κ1) is 17.2. The minimum Gasteiger partial charge on any atom is -0.308 e. The van der Waals surface area contributed by atoms with Gasteiger partial charge in [-0.2, -0.15) is 0 Å². The van der Waals surface area contributed by atoms with E-state index in [-0.39, 0.29) is 5.54 Å². The molecule has 2 heteroatoms. The summed E-state index contributed by atoms with van der Waals surface area (Å²) in [6, 6.07) is 9.41. The lowest BCUT2D eigenvalue weighted by Gasteiger charge is -2.28. The largest absolute Gasteiger partial charge is 0.308 e. The Balaban J connectivity index is 2.78. The average molecular weight is 276 g/mol. The molecule has 1 aromatic carbocycles. The first-order valence-corrected chi connectivity index (χ1v) is 7.89. The van der Waals surface area contributed by atoms with Crippen LogP contribution in [0.1, 0.15) is 59.1 Å². The van der Waals surface area contributed by atoms with Gasteiger partial charge in [-0.05, 0) is 58.7 Å². The molecule has 1 N–H and O–H groups in total. The Morgan fingerprint density at radius 2 is 1.70 bits per heavy atom. The zero-order valence-corrected chi connectivity index (χ0v) is 14.2. The van der Waals surface area contributed by atoms with Crippen LogP contribution in [0.5, 0.6) is 0 Å². The molecule has 0 amide bonds. The second-order valence-corrected chi connectivity index (χ2v) is 6.94. The number of nitrogens with one attached hydrogen (secondary N) is 1. The van der Waals surface area contributed by atoms with Crippen molar-refractivity contribution in [3.05, 3.63) is 35.4 Å². The monoisotopic (exact) mass is 276 g/mol. The molecule has 0 heterocycles. The summed E-state index contributed by atoms with van der Waals surface area (Å²) in [7, 11) is 0. The van der Waals surface area contributed by atoms with E-state index in [4.69, 9.17) is 0 Å². The predicted octanol–water partition coefficient (Wildman–Crippen LogP) is 4.20. The third-order valence-electron chi connectivity index (χ3n) is 3.54. The van der Waals surface area contributed by atoms with Gasteiger partial charge >= 0.3 is 0 Å². The number of benzene rings is 1. The molecule has 0 saturated carbocycles. The van der Waals surface area contributed by atoms with Gasteiger partial charge in [0, 0.05) is 24.7 Å². The minimum absolute atomic E-state index is 0.161. The molecule has 2 nitrogen and oxygen atoms in total. The van der Waals surface area contributed by atoms with Crippen molar-refractivity contribution in [3.63, 3.8) is 0 Å². The molecule has 0 unspecified atom stereocenters. The Morgan fingerprint density at radius 1 is 1.10 bits per heavy atom. The van der Waals surface area contributed by atoms with E-state index in [1.807, 2.05) is 0 Å². The molecule has 114 valence electrons. The standard InChI is InChI=1S/C18H32N2/c1-7-12-20(15(2)3)14-17-11-9-8-10-16(17)13-19-18(4,5)6/h8-11,15,19H,7,12-14H2,1-6H3. The van der Waals surface area contributed by atoms with Gasteiger partial charge in [0.1, 0.15) is 0 Å². The Labute approximate surface area is 125 Å². The summed E-state index contributed by atoms with van der Waals surface area (Å²) < 4.78 is 0. The summed E-state index contributed by atoms with van der Waals surface area (Å²) in [6.07, 6.45) is 1.21. The highest BCUT2D eigenvalue weighted by Gasteiger charge is 2.13. The van der Waals surface area contributed by atoms with Crippen molar-refractivity contribution >= 4 is 0 Å². The predicted molar refractivity (Wildman–Crippen MR) is 88.9 cm³/mol. The van der Waals surface area contributed by atoms with Crippen molar-refractivity contribution in [1.82, 2.24) is 10.2 Å². The molecular weight excluding hydrogens is 244 g/mol. The highest BCUT2D eigenvalue weighted by atomic mass is 15.1. The fraction of sp³-hybridized carbons (Fsp3) is 0.667. The summed E-state index contributed by atoms with van der Waals surface area (Å²) in [5.74, 6) is 0. The van der Waals surface area contributed by atoms with Gasteiger partial charge in [-0.3, -0.25) is 4.90 Å². The molecule has 0 spiro atoms. The van der Waals surface area contributed by atoms with E-state index in [1.165, 1.54) is 24.1 Å². The lowest BCUT2D eigenvalue weighted by atomic mass is 10.0. The summed E-state index contributed by atoms with van der Waals surface area (Å²) in [5.41, 5.74) is 3.03. The lowest BCUT2D eigenvalue weighted by molar-refractivity contribution is 0.212. The second kappa shape index (κ2) is 7.80. The molecule has 0 aromatic heterocycles. The van der Waals surface area contributed by atoms with Crippen LogP contribution in [-0.4, -0.2) is 23.0 Å². The van der Waals surface area contributed by atoms with Gasteiger partial charge in [0.2, 0.25) is 0 Å². The molecule has 0 aliphatic heterocycles. The van der Waals surface area contributed by atoms with Gasteiger partial charge in [-0.15, -0.1) is 0 Å². The molecule has 0 bridgehead atoms. The van der Waals surface area contributed by atoms with Gasteiger partial charge in [-0.1, -0.05) is 31.2 Å². The molecule has 20 heavy (non-hydrogen) atoms. The van der Waals surface area contributed by atoms with Crippen LogP contribution in [0.25, 0.3) is 0 Å². The van der Waals surface area contributed by atoms with Gasteiger partial charge in [-0.25, -0.2) is 0 Å². The average Bonchev–Trinajstić information content (AvgIpc) is 2.36. The van der Waals surface area contributed by atoms with E-state index >= 15 is 0 Å². The zero-order valence-electron chi connectivity index (χ0n) is 14.2. The van der Waals surface area contributed by atoms with Gasteiger partial charge in [0.15, 0.2) is 0 Å². The van der Waals surface area contributed by atoms with E-state index in [1.54, 1.807) is 0 Å². The Kier molecular flexibility index (Phi) is 6.70. The van der Waals surface area contributed by atoms with E-state index in [9.17, 15) is 0 Å². The summed E-state index contributed by atoms with van der Waals surface area (Å²) >= 11 is 0. The van der Waals surface area contributed by atoms with Crippen molar-refractivity contribution in [1.29, 1.82) is 0 Å². The first-order chi connectivity index (χ1) is 9.33. The maximum Gasteiger partial charge on any atom is 0.0239 e. The number of hydrogen-bond acceptors (Lipinski definition) is 2. The van der Waals surface area contributed by atoms with Crippen molar-refractivity contribution in [3.8, 4) is 0 Å². The summed E-state index contributed by atoms with van der Waals surface area (Å²) in [4.78, 5) is 2.55. The Hall–Kier alpha value is -0.860. The number of hydrogen-bond donors (Lipinski definition) is 1. The minimum atomic E-state index is 0.161. The van der Waals surface area contributed by atoms with Crippen LogP contribution in [0, 0.1) is 0 Å². The molecular formula is C18H32N2. The zero-order chi connectivity index (χ0) is 15.2. The summed E-state index contributed by atoms with van der Waals surface area (Å²) in [5, 5.41) is 3.59. The first-order valence-electron chi connectivity index (χ1n) is 7.89. The molecule has 1 aromatic rings. The van der Waals surface area contributed by atoms with Gasteiger partial charge in [0.25, 0.3) is 0 Å². The molecule has 0 radical (unpaired) electrons. The molecule has 0 aliphatic carbocycles. The Bertz CT molecular complexity index is 391. The van der Waals surface area contributed by atoms with E-state index in [0.717, 1.165) is 13.1 Å². The van der Waals surface area contributed by atoms with Crippen LogP contribution in [0.2, 0.25) is 0 Å². The van der Waals surface area contributed by atoms with Crippen LogP contribution in [-0.2, 0) is 13.1 Å². The van der Waals surface area contributed by atoms with Crippen molar-refractivity contribution in [2.75, 3.05) is 6.54 Å². The molecule has 0 atom stereocenters. The topological polar surface area (TPSA) is 15.3 Å². The van der Waals surface area contributed by atoms with Crippen LogP contribution < -0.4 is 5.32 Å². The van der Waals surface area contributed by atoms with Crippen molar-refractivity contribution in [2.24, 2.45) is 0 Å². The fourth-order valence-corrected chi connectivity index (χ4v) is 2.27. The van der Waals surface area contributed by atoms with Crippen LogP contribution >= 0.6 is 0 Å². The molecule has 0 fully saturated rings. The molecule has 0 aliphatic rings. The number of rotatable bonds is 7. The lowest BCUT2D eigenvalue weighted by Crippen LogP contribution is -2.36. The van der Waals surface area contributed by atoms with Crippen LogP contribution in [0.15, 0.2) is 24.3 Å². The smallest absolute Gasteiger partial charge is 0.0239 e. The van der Waals surface area contributed by atoms with Crippen molar-refractivity contribution in [2.45, 2.75) is 72.6 Å². The van der Waals surface area contributed by atoms with Gasteiger partial charge < -0.3 is 5.32 Å². The Morgan fingerprint density at radius 3 is 2.20 bits per heavy atom. The van der Waals surface area contributed by atoms with E-state index in [0.29, 0.717) is 6.04 Å². The third kappa shape index (κ3) is 6.06. The van der Waals surface area contributed by atoms with Crippen LogP contribution in [0.4, 0.5) is 0 Å². The highest BCUT2D eigenvalue weighted by molar-refractivity contribution is 5.27. The maximum atomic E-state index is 3.59. The fourth-order valence-electron chi connectivity index (χ4n) is 2.27. The van der Waals surface area contributed by atoms with Crippen molar-refractivity contribution < 1.29 is 0 Å². The molecule has 0 saturated heterocycles. The summed E-state index contributed by atoms with van der Waals surface area (Å²) in [6.45, 7) is 16.6.